The molecule has 156 valence electrons. The van der Waals surface area contributed by atoms with Crippen molar-refractivity contribution in [2.45, 2.75) is 30.8 Å². The van der Waals surface area contributed by atoms with E-state index < -0.39 is 5.60 Å². The van der Waals surface area contributed by atoms with Gasteiger partial charge < -0.3 is 20.5 Å². The fourth-order valence-electron chi connectivity index (χ4n) is 4.51. The van der Waals surface area contributed by atoms with Crippen LogP contribution in [-0.4, -0.2) is 39.8 Å². The predicted octanol–water partition coefficient (Wildman–Crippen LogP) is 3.62. The van der Waals surface area contributed by atoms with Crippen molar-refractivity contribution in [3.8, 4) is 0 Å². The third-order valence-electron chi connectivity index (χ3n) is 6.18. The highest BCUT2D eigenvalue weighted by atomic mass is 35.5. The van der Waals surface area contributed by atoms with Gasteiger partial charge in [0.15, 0.2) is 5.82 Å². The number of halogens is 1. The van der Waals surface area contributed by atoms with E-state index in [0.29, 0.717) is 29.1 Å². The standard InChI is InChI=1S/C21H22ClN5O2S/c1-20(28,18-24-6-9-30-18)13-2-3-14-16(10-13)27(12-21(14)4-7-29-8-5-21)17-15(22)11-25-19(23)26-17/h2-3,6,9-11,28H,4-5,7-8,12H2,1H3,(H2,23,25,26)/t20-/m0/s1. The van der Waals surface area contributed by atoms with Crippen LogP contribution >= 0.6 is 22.9 Å². The largest absolute Gasteiger partial charge is 0.381 e. The number of nitrogens with zero attached hydrogens (tertiary/aromatic N) is 4. The van der Waals surface area contributed by atoms with Crippen LogP contribution in [0.4, 0.5) is 17.5 Å². The van der Waals surface area contributed by atoms with Gasteiger partial charge in [-0.05, 0) is 37.0 Å². The Balaban J connectivity index is 1.66. The second-order valence-electron chi connectivity index (χ2n) is 8.02. The molecule has 0 unspecified atom stereocenters. The van der Waals surface area contributed by atoms with Crippen molar-refractivity contribution in [2.75, 3.05) is 30.4 Å². The van der Waals surface area contributed by atoms with Gasteiger partial charge in [0.2, 0.25) is 5.95 Å². The Kier molecular flexibility index (Phi) is 4.70. The van der Waals surface area contributed by atoms with Crippen molar-refractivity contribution in [2.24, 2.45) is 0 Å². The molecule has 9 heteroatoms. The molecule has 3 N–H and O–H groups in total. The summed E-state index contributed by atoms with van der Waals surface area (Å²) in [6.07, 6.45) is 5.06. The molecule has 7 nitrogen and oxygen atoms in total. The number of ether oxygens (including phenoxy) is 1. The van der Waals surface area contributed by atoms with E-state index in [-0.39, 0.29) is 11.4 Å². The number of nitrogens with two attached hydrogens (primary N) is 1. The van der Waals surface area contributed by atoms with Crippen molar-refractivity contribution in [1.29, 1.82) is 0 Å². The number of hydrogen-bond acceptors (Lipinski definition) is 8. The van der Waals surface area contributed by atoms with E-state index in [4.69, 9.17) is 22.1 Å². The summed E-state index contributed by atoms with van der Waals surface area (Å²) in [6.45, 7) is 3.93. The number of fused-ring (bicyclic) bond motifs is 2. The lowest BCUT2D eigenvalue weighted by molar-refractivity contribution is 0.0557. The number of thiazole rings is 1. The van der Waals surface area contributed by atoms with Crippen molar-refractivity contribution in [1.82, 2.24) is 15.0 Å². The van der Waals surface area contributed by atoms with E-state index in [0.717, 1.165) is 30.6 Å². The smallest absolute Gasteiger partial charge is 0.222 e. The Morgan fingerprint density at radius 3 is 2.83 bits per heavy atom. The highest BCUT2D eigenvalue weighted by molar-refractivity contribution is 7.09. The van der Waals surface area contributed by atoms with E-state index in [2.05, 4.69) is 25.9 Å². The molecule has 30 heavy (non-hydrogen) atoms. The van der Waals surface area contributed by atoms with E-state index in [1.54, 1.807) is 13.1 Å². The molecule has 0 aliphatic carbocycles. The molecule has 1 atom stereocenters. The Labute approximate surface area is 183 Å². The molecule has 1 fully saturated rings. The second-order valence-corrected chi connectivity index (χ2v) is 9.32. The molecule has 4 heterocycles. The van der Waals surface area contributed by atoms with Crippen LogP contribution < -0.4 is 10.6 Å². The van der Waals surface area contributed by atoms with Gasteiger partial charge in [0.05, 0.1) is 6.20 Å². The normalized spacial score (nSPS) is 19.6. The van der Waals surface area contributed by atoms with Gasteiger partial charge in [0.25, 0.3) is 0 Å². The maximum Gasteiger partial charge on any atom is 0.222 e. The Morgan fingerprint density at radius 1 is 1.30 bits per heavy atom. The minimum atomic E-state index is -1.20. The summed E-state index contributed by atoms with van der Waals surface area (Å²) in [5.74, 6) is 0.759. The summed E-state index contributed by atoms with van der Waals surface area (Å²) in [5.41, 5.74) is 7.59. The van der Waals surface area contributed by atoms with Gasteiger partial charge in [0, 0.05) is 42.4 Å². The minimum Gasteiger partial charge on any atom is -0.381 e. The molecule has 0 radical (unpaired) electrons. The van der Waals surface area contributed by atoms with Gasteiger partial charge in [-0.25, -0.2) is 9.97 Å². The molecular weight excluding hydrogens is 422 g/mol. The van der Waals surface area contributed by atoms with Gasteiger partial charge in [-0.3, -0.25) is 0 Å². The fourth-order valence-corrected chi connectivity index (χ4v) is 5.42. The molecule has 0 amide bonds. The maximum atomic E-state index is 11.3. The molecule has 2 aliphatic heterocycles. The van der Waals surface area contributed by atoms with Crippen molar-refractivity contribution >= 4 is 40.4 Å². The molecule has 1 spiro atoms. The Bertz CT molecular complexity index is 1080. The first-order valence-corrected chi connectivity index (χ1v) is 11.1. The maximum absolute atomic E-state index is 11.3. The van der Waals surface area contributed by atoms with Crippen LogP contribution in [0.2, 0.25) is 5.02 Å². The number of hydrogen-bond donors (Lipinski definition) is 2. The number of aromatic nitrogens is 3. The van der Waals surface area contributed by atoms with E-state index in [1.165, 1.54) is 23.1 Å². The first-order valence-electron chi connectivity index (χ1n) is 9.81. The zero-order chi connectivity index (χ0) is 20.9. The highest BCUT2D eigenvalue weighted by Gasteiger charge is 2.45. The molecule has 0 bridgehead atoms. The average molecular weight is 444 g/mol. The van der Waals surface area contributed by atoms with Crippen LogP contribution in [0, 0.1) is 0 Å². The number of nitrogen functional groups attached to an aromatic ring is 1. The first-order chi connectivity index (χ1) is 14.4. The van der Waals surface area contributed by atoms with E-state index in [1.807, 2.05) is 17.5 Å². The molecule has 0 saturated carbocycles. The number of aliphatic hydroxyl groups is 1. The summed E-state index contributed by atoms with van der Waals surface area (Å²) >= 11 is 7.91. The van der Waals surface area contributed by atoms with Crippen LogP contribution in [-0.2, 0) is 15.8 Å². The minimum absolute atomic E-state index is 0.0534. The summed E-state index contributed by atoms with van der Waals surface area (Å²) in [6, 6.07) is 6.14. The molecule has 3 aromatic rings. The second kappa shape index (κ2) is 7.16. The molecule has 2 aromatic heterocycles. The predicted molar refractivity (Wildman–Crippen MR) is 117 cm³/mol. The molecule has 5 rings (SSSR count). The van der Waals surface area contributed by atoms with Crippen LogP contribution in [0.5, 0.6) is 0 Å². The molecular formula is C21H22ClN5O2S. The topological polar surface area (TPSA) is 97.4 Å². The third-order valence-corrected chi connectivity index (χ3v) is 7.43. The van der Waals surface area contributed by atoms with Crippen molar-refractivity contribution < 1.29 is 9.84 Å². The Hall–Kier alpha value is -2.26. The van der Waals surface area contributed by atoms with Crippen LogP contribution in [0.3, 0.4) is 0 Å². The van der Waals surface area contributed by atoms with Crippen molar-refractivity contribution in [3.05, 3.63) is 57.1 Å². The SMILES string of the molecule is C[C@](O)(c1ccc2c(c1)N(c1nc(N)ncc1Cl)CC21CCOCC1)c1nccs1. The highest BCUT2D eigenvalue weighted by Crippen LogP contribution is 2.51. The number of anilines is 3. The fraction of sp³-hybridized carbons (Fsp3) is 0.381. The summed E-state index contributed by atoms with van der Waals surface area (Å²) < 4.78 is 5.64. The lowest BCUT2D eigenvalue weighted by Gasteiger charge is -2.34. The summed E-state index contributed by atoms with van der Waals surface area (Å²) in [4.78, 5) is 14.9. The first kappa shape index (κ1) is 19.7. The van der Waals surface area contributed by atoms with Crippen LogP contribution in [0.1, 0.15) is 35.9 Å². The van der Waals surface area contributed by atoms with Gasteiger partial charge in [-0.1, -0.05) is 23.7 Å². The Morgan fingerprint density at radius 2 is 2.10 bits per heavy atom. The summed E-state index contributed by atoms with van der Waals surface area (Å²) in [5, 5.41) is 14.2. The van der Waals surface area contributed by atoms with E-state index in [9.17, 15) is 5.11 Å². The molecule has 2 aliphatic rings. The zero-order valence-corrected chi connectivity index (χ0v) is 18.1. The molecule has 1 aromatic carbocycles. The van der Waals surface area contributed by atoms with Gasteiger partial charge in [0.1, 0.15) is 15.6 Å². The quantitative estimate of drug-likeness (QED) is 0.637. The van der Waals surface area contributed by atoms with E-state index >= 15 is 0 Å². The third kappa shape index (κ3) is 3.06. The number of benzene rings is 1. The lowest BCUT2D eigenvalue weighted by Crippen LogP contribution is -2.37. The van der Waals surface area contributed by atoms with Gasteiger partial charge >= 0.3 is 0 Å². The van der Waals surface area contributed by atoms with Gasteiger partial charge in [-0.2, -0.15) is 4.98 Å². The van der Waals surface area contributed by atoms with Crippen LogP contribution in [0.15, 0.2) is 36.0 Å². The molecule has 1 saturated heterocycles. The monoisotopic (exact) mass is 443 g/mol. The van der Waals surface area contributed by atoms with Gasteiger partial charge in [-0.15, -0.1) is 11.3 Å². The zero-order valence-electron chi connectivity index (χ0n) is 16.5. The summed E-state index contributed by atoms with van der Waals surface area (Å²) in [7, 11) is 0. The lowest BCUT2D eigenvalue weighted by atomic mass is 9.75. The number of rotatable bonds is 3. The van der Waals surface area contributed by atoms with Crippen molar-refractivity contribution in [3.63, 3.8) is 0 Å². The van der Waals surface area contributed by atoms with Crippen LogP contribution in [0.25, 0.3) is 0 Å². The average Bonchev–Trinajstić information content (AvgIpc) is 3.39.